The minimum Gasteiger partial charge on any atom is -0.623 e. The van der Waals surface area contributed by atoms with E-state index in [0.717, 1.165) is 4.74 Å². The van der Waals surface area contributed by atoms with Crippen molar-refractivity contribution in [1.82, 2.24) is 0 Å². The van der Waals surface area contributed by atoms with Crippen LogP contribution in [0.4, 0.5) is 5.69 Å². The van der Waals surface area contributed by atoms with Gasteiger partial charge in [-0.1, -0.05) is 30.0 Å². The molecule has 0 fully saturated rings. The first kappa shape index (κ1) is 29.8. The number of nitro groups is 1. The molecule has 38 heavy (non-hydrogen) atoms. The quantitative estimate of drug-likeness (QED) is 0.0439. The smallest absolute Gasteiger partial charge is 0.324 e. The number of ether oxygens (including phenoxy) is 2. The number of non-ortho nitro benzene ring substituents is 1. The second-order valence-corrected chi connectivity index (χ2v) is 8.43. The summed E-state index contributed by atoms with van der Waals surface area (Å²) in [5.41, 5.74) is 0.0161. The van der Waals surface area contributed by atoms with Crippen molar-refractivity contribution in [3.63, 3.8) is 0 Å². The van der Waals surface area contributed by atoms with Gasteiger partial charge in [-0.05, 0) is 51.0 Å². The van der Waals surface area contributed by atoms with Crippen LogP contribution in [0.5, 0.6) is 0 Å². The fraction of sp³-hybridized carbons (Fsp3) is 0.345. The molecule has 0 bridgehead atoms. The highest BCUT2D eigenvalue weighted by molar-refractivity contribution is 6.00. The van der Waals surface area contributed by atoms with Crippen molar-refractivity contribution in [2.75, 3.05) is 13.2 Å². The number of hydroxylamine groups is 1. The van der Waals surface area contributed by atoms with E-state index >= 15 is 0 Å². The number of carbonyl (C=O) groups excluding carboxylic acids is 2. The second kappa shape index (κ2) is 14.3. The Kier molecular flexibility index (Phi) is 11.2. The number of benzene rings is 2. The fourth-order valence-corrected chi connectivity index (χ4v) is 3.69. The highest BCUT2D eigenvalue weighted by atomic mass is 16.6. The second-order valence-electron chi connectivity index (χ2n) is 8.43. The van der Waals surface area contributed by atoms with Gasteiger partial charge >= 0.3 is 11.9 Å². The van der Waals surface area contributed by atoms with Crippen LogP contribution in [0.15, 0.2) is 61.2 Å². The van der Waals surface area contributed by atoms with Crippen LogP contribution in [0.1, 0.15) is 62.8 Å². The van der Waals surface area contributed by atoms with Crippen molar-refractivity contribution >= 4 is 23.8 Å². The van der Waals surface area contributed by atoms with E-state index in [-0.39, 0.29) is 31.7 Å². The predicted molar refractivity (Wildman–Crippen MR) is 143 cm³/mol. The summed E-state index contributed by atoms with van der Waals surface area (Å²) in [6.45, 7) is 8.89. The number of esters is 2. The van der Waals surface area contributed by atoms with Gasteiger partial charge in [0.25, 0.3) is 5.69 Å². The zero-order chi connectivity index (χ0) is 28.1. The Balaban J connectivity index is 2.39. The average Bonchev–Trinajstić information content (AvgIpc) is 2.91. The maximum absolute atomic E-state index is 12.9. The topological polar surface area (TPSA) is 122 Å². The lowest BCUT2D eigenvalue weighted by molar-refractivity contribution is -0.498. The molecule has 0 N–H and O–H groups in total. The Hall–Kier alpha value is -4.45. The number of nitro benzene ring substituents is 1. The summed E-state index contributed by atoms with van der Waals surface area (Å²) in [4.78, 5) is 36.2. The van der Waals surface area contributed by atoms with Crippen molar-refractivity contribution in [3.05, 3.63) is 93.2 Å². The van der Waals surface area contributed by atoms with Crippen LogP contribution < -0.4 is 0 Å². The zero-order valence-corrected chi connectivity index (χ0v) is 21.8. The van der Waals surface area contributed by atoms with Crippen LogP contribution in [0.25, 0.3) is 0 Å². The molecule has 2 aromatic carbocycles. The van der Waals surface area contributed by atoms with Crippen LogP contribution in [-0.4, -0.2) is 41.0 Å². The molecule has 1 atom stereocenters. The number of allylic oxidation sites excluding steroid dienone is 1. The summed E-state index contributed by atoms with van der Waals surface area (Å²) in [6.07, 6.45) is 3.39. The molecule has 0 amide bonds. The third-order valence-electron chi connectivity index (χ3n) is 5.92. The molecule has 0 aliphatic heterocycles. The zero-order valence-electron chi connectivity index (χ0n) is 21.8. The van der Waals surface area contributed by atoms with Crippen LogP contribution in [0.2, 0.25) is 0 Å². The summed E-state index contributed by atoms with van der Waals surface area (Å²) in [5.74, 6) is 4.52. The van der Waals surface area contributed by atoms with Gasteiger partial charge in [0, 0.05) is 36.6 Å². The Labute approximate surface area is 222 Å². The summed E-state index contributed by atoms with van der Waals surface area (Å²) >= 11 is 0. The molecule has 2 rings (SSSR count). The van der Waals surface area contributed by atoms with Crippen LogP contribution in [-0.2, 0) is 19.1 Å². The Bertz CT molecular complexity index is 1220. The van der Waals surface area contributed by atoms with Gasteiger partial charge < -0.3 is 14.7 Å². The van der Waals surface area contributed by atoms with Crippen LogP contribution in [0.3, 0.4) is 0 Å². The third kappa shape index (κ3) is 7.53. The number of hydrogen-bond acceptors (Lipinski definition) is 7. The van der Waals surface area contributed by atoms with Gasteiger partial charge in [-0.3, -0.25) is 19.7 Å². The first-order valence-corrected chi connectivity index (χ1v) is 12.3. The van der Waals surface area contributed by atoms with Gasteiger partial charge in [0.2, 0.25) is 0 Å². The van der Waals surface area contributed by atoms with Crippen molar-refractivity contribution in [1.29, 1.82) is 0 Å². The highest BCUT2D eigenvalue weighted by Crippen LogP contribution is 2.32. The Morgan fingerprint density at radius 3 is 2.21 bits per heavy atom. The van der Waals surface area contributed by atoms with Crippen molar-refractivity contribution in [2.45, 2.75) is 46.1 Å². The number of carbonyl (C=O) groups is 2. The van der Waals surface area contributed by atoms with E-state index in [9.17, 15) is 24.9 Å². The van der Waals surface area contributed by atoms with Gasteiger partial charge in [0.1, 0.15) is 0 Å². The maximum Gasteiger partial charge on any atom is 0.324 e. The van der Waals surface area contributed by atoms with Crippen molar-refractivity contribution in [3.8, 4) is 11.8 Å². The normalized spacial score (nSPS) is 12.0. The van der Waals surface area contributed by atoms with E-state index in [1.165, 1.54) is 18.3 Å². The summed E-state index contributed by atoms with van der Waals surface area (Å²) in [6, 6.07) is 12.1. The van der Waals surface area contributed by atoms with Crippen LogP contribution in [0, 0.1) is 32.6 Å². The van der Waals surface area contributed by atoms with Gasteiger partial charge in [0.05, 0.1) is 23.7 Å². The number of rotatable bonds is 12. The SMILES string of the molecule is C=CCCC(CC#Cc1ccccc1/C=[N+](\[O-])[C@@H](C)c1ccc([N+](=O)[O-])cc1)(C(=O)OCC)C(=O)OCC. The molecule has 0 aliphatic rings. The van der Waals surface area contributed by atoms with E-state index < -0.39 is 28.3 Å². The maximum atomic E-state index is 12.9. The molecule has 0 heterocycles. The standard InChI is InChI=1S/C29H32N2O7/c1-5-8-19-29(27(32)37-6-2,28(33)38-7-3)20-11-14-24-12-9-10-13-25(24)21-30(34)22(4)23-15-17-26(18-16-23)31(35)36/h5,9-10,12-13,15-18,21-22H,1,6-8,19-20H2,2-4H3/b30-21-/t22-/m0/s1. The number of nitrogens with zero attached hydrogens (tertiary/aromatic N) is 2. The van der Waals surface area contributed by atoms with Crippen molar-refractivity contribution < 1.29 is 28.7 Å². The summed E-state index contributed by atoms with van der Waals surface area (Å²) < 4.78 is 11.2. The van der Waals surface area contributed by atoms with Crippen molar-refractivity contribution in [2.24, 2.45) is 5.41 Å². The van der Waals surface area contributed by atoms with Crippen LogP contribution >= 0.6 is 0 Å². The monoisotopic (exact) mass is 520 g/mol. The molecule has 200 valence electrons. The van der Waals surface area contributed by atoms with Gasteiger partial charge in [0.15, 0.2) is 17.7 Å². The lowest BCUT2D eigenvalue weighted by Gasteiger charge is -2.27. The lowest BCUT2D eigenvalue weighted by Crippen LogP contribution is -2.42. The van der Waals surface area contributed by atoms with E-state index in [2.05, 4.69) is 18.4 Å². The molecule has 0 saturated heterocycles. The summed E-state index contributed by atoms with van der Waals surface area (Å²) in [7, 11) is 0. The van der Waals surface area contributed by atoms with E-state index in [1.807, 2.05) is 0 Å². The minimum atomic E-state index is -1.60. The summed E-state index contributed by atoms with van der Waals surface area (Å²) in [5, 5.41) is 23.8. The lowest BCUT2D eigenvalue weighted by atomic mass is 9.80. The molecule has 9 heteroatoms. The Morgan fingerprint density at radius 2 is 1.66 bits per heavy atom. The first-order chi connectivity index (χ1) is 18.2. The molecule has 0 aliphatic carbocycles. The molecule has 0 spiro atoms. The molecule has 0 unspecified atom stereocenters. The first-order valence-electron chi connectivity index (χ1n) is 12.3. The average molecular weight is 521 g/mol. The predicted octanol–water partition coefficient (Wildman–Crippen LogP) is 5.11. The molecular formula is C29H32N2O7. The molecule has 0 radical (unpaired) electrons. The molecule has 2 aromatic rings. The molecule has 9 nitrogen and oxygen atoms in total. The van der Waals surface area contributed by atoms with Gasteiger partial charge in [-0.2, -0.15) is 0 Å². The largest absolute Gasteiger partial charge is 0.623 e. The minimum absolute atomic E-state index is 0.0576. The van der Waals surface area contributed by atoms with E-state index in [1.54, 1.807) is 63.2 Å². The molecule has 0 saturated carbocycles. The van der Waals surface area contributed by atoms with E-state index in [4.69, 9.17) is 9.47 Å². The highest BCUT2D eigenvalue weighted by Gasteiger charge is 2.47. The third-order valence-corrected chi connectivity index (χ3v) is 5.92. The van der Waals surface area contributed by atoms with Gasteiger partial charge in [-0.15, -0.1) is 6.58 Å². The fourth-order valence-electron chi connectivity index (χ4n) is 3.69. The number of hydrogen-bond donors (Lipinski definition) is 0. The molecular weight excluding hydrogens is 488 g/mol. The van der Waals surface area contributed by atoms with E-state index in [0.29, 0.717) is 23.1 Å². The Morgan fingerprint density at radius 1 is 1.05 bits per heavy atom. The van der Waals surface area contributed by atoms with Gasteiger partial charge in [-0.25, -0.2) is 4.74 Å². The molecule has 0 aromatic heterocycles.